The van der Waals surface area contributed by atoms with E-state index in [2.05, 4.69) is 24.1 Å². The number of hydrogen-bond donors (Lipinski definition) is 2. The van der Waals surface area contributed by atoms with Crippen molar-refractivity contribution < 1.29 is 9.13 Å². The van der Waals surface area contributed by atoms with Crippen LogP contribution < -0.4 is 11.1 Å². The Morgan fingerprint density at radius 1 is 1.37 bits per heavy atom. The van der Waals surface area contributed by atoms with E-state index in [1.54, 1.807) is 12.1 Å². The number of ether oxygens (including phenoxy) is 1. The summed E-state index contributed by atoms with van der Waals surface area (Å²) in [6.07, 6.45) is 4.14. The first kappa shape index (κ1) is 19.9. The van der Waals surface area contributed by atoms with Crippen molar-refractivity contribution in [3.05, 3.63) is 40.8 Å². The van der Waals surface area contributed by atoms with E-state index in [1.807, 2.05) is 6.92 Å². The topological polar surface area (TPSA) is 60.2 Å². The highest BCUT2D eigenvalue weighted by Gasteiger charge is 2.29. The molecule has 0 saturated carbocycles. The highest BCUT2D eigenvalue weighted by molar-refractivity contribution is 6.33. The van der Waals surface area contributed by atoms with Crippen LogP contribution in [0.4, 0.5) is 15.9 Å². The van der Waals surface area contributed by atoms with Gasteiger partial charge in [0.05, 0.1) is 16.3 Å². The molecule has 0 amide bonds. The Labute approximate surface area is 165 Å². The fourth-order valence-corrected chi connectivity index (χ4v) is 4.08. The van der Waals surface area contributed by atoms with E-state index < -0.39 is 0 Å². The number of nitrogens with two attached hydrogens (primary N) is 1. The molecule has 1 aromatic heterocycles. The maximum Gasteiger partial charge on any atom is 0.146 e. The van der Waals surface area contributed by atoms with E-state index in [-0.39, 0.29) is 11.4 Å². The summed E-state index contributed by atoms with van der Waals surface area (Å²) in [4.78, 5) is 4.02. The number of benzene rings is 1. The standard InChI is InChI=1S/C21H27ClFN3O/c1-4-14-15(16-9-19(24)25-12-17(16)22)5-6-18(23)20(14)26-11-13-7-8-27-21(2,3)10-13/h5-6,9,12-13,26H,4,7-8,10-11H2,1-3H3,(H2,24,25). The first-order valence-electron chi connectivity index (χ1n) is 9.41. The lowest BCUT2D eigenvalue weighted by molar-refractivity contribution is -0.0699. The molecule has 3 N–H and O–H groups in total. The molecule has 1 fully saturated rings. The highest BCUT2D eigenvalue weighted by Crippen LogP contribution is 2.37. The Hall–Kier alpha value is -1.85. The van der Waals surface area contributed by atoms with Crippen LogP contribution in [0.3, 0.4) is 0 Å². The first-order chi connectivity index (χ1) is 12.8. The minimum absolute atomic E-state index is 0.124. The number of halogens is 2. The van der Waals surface area contributed by atoms with Gasteiger partial charge in [-0.15, -0.1) is 0 Å². The summed E-state index contributed by atoms with van der Waals surface area (Å²) in [6.45, 7) is 7.68. The maximum absolute atomic E-state index is 14.7. The third-order valence-corrected chi connectivity index (χ3v) is 5.45. The molecule has 4 nitrogen and oxygen atoms in total. The van der Waals surface area contributed by atoms with Crippen LogP contribution in [0.5, 0.6) is 0 Å². The van der Waals surface area contributed by atoms with E-state index in [0.717, 1.165) is 36.1 Å². The van der Waals surface area contributed by atoms with Crippen molar-refractivity contribution in [1.29, 1.82) is 0 Å². The van der Waals surface area contributed by atoms with E-state index in [0.29, 0.717) is 35.4 Å². The normalized spacial score (nSPS) is 19.1. The number of hydrogen-bond acceptors (Lipinski definition) is 4. The second-order valence-electron chi connectivity index (χ2n) is 7.74. The van der Waals surface area contributed by atoms with Gasteiger partial charge >= 0.3 is 0 Å². The van der Waals surface area contributed by atoms with Crippen LogP contribution in [0, 0.1) is 11.7 Å². The van der Waals surface area contributed by atoms with Gasteiger partial charge < -0.3 is 15.8 Å². The van der Waals surface area contributed by atoms with Crippen molar-refractivity contribution in [3.8, 4) is 11.1 Å². The van der Waals surface area contributed by atoms with Crippen molar-refractivity contribution in [3.63, 3.8) is 0 Å². The smallest absolute Gasteiger partial charge is 0.146 e. The molecule has 27 heavy (non-hydrogen) atoms. The Morgan fingerprint density at radius 2 is 2.15 bits per heavy atom. The van der Waals surface area contributed by atoms with Crippen LogP contribution in [0.1, 0.15) is 39.2 Å². The fourth-order valence-electron chi connectivity index (χ4n) is 3.87. The van der Waals surface area contributed by atoms with Gasteiger partial charge in [0.1, 0.15) is 11.6 Å². The molecule has 0 spiro atoms. The zero-order valence-corrected chi connectivity index (χ0v) is 16.9. The minimum Gasteiger partial charge on any atom is -0.384 e. The third-order valence-electron chi connectivity index (χ3n) is 5.15. The zero-order valence-electron chi connectivity index (χ0n) is 16.1. The summed E-state index contributed by atoms with van der Waals surface area (Å²) in [5.41, 5.74) is 8.81. The number of nitrogen functional groups attached to an aromatic ring is 1. The lowest BCUT2D eigenvalue weighted by atomic mass is 9.88. The summed E-state index contributed by atoms with van der Waals surface area (Å²) in [5, 5.41) is 3.87. The predicted octanol–water partition coefficient (Wildman–Crippen LogP) is 5.30. The van der Waals surface area contributed by atoms with E-state index >= 15 is 0 Å². The van der Waals surface area contributed by atoms with Crippen molar-refractivity contribution >= 4 is 23.1 Å². The summed E-state index contributed by atoms with van der Waals surface area (Å²) in [6, 6.07) is 4.98. The molecule has 1 aromatic carbocycles. The highest BCUT2D eigenvalue weighted by atomic mass is 35.5. The molecule has 0 aliphatic carbocycles. The summed E-state index contributed by atoms with van der Waals surface area (Å²) < 4.78 is 20.4. The molecule has 3 rings (SSSR count). The largest absolute Gasteiger partial charge is 0.384 e. The van der Waals surface area contributed by atoms with Crippen molar-refractivity contribution in [2.24, 2.45) is 5.92 Å². The molecule has 2 aromatic rings. The number of pyridine rings is 1. The molecule has 0 radical (unpaired) electrons. The maximum atomic E-state index is 14.7. The van der Waals surface area contributed by atoms with Crippen LogP contribution in [-0.2, 0) is 11.2 Å². The molecule has 1 aliphatic rings. The lowest BCUT2D eigenvalue weighted by Crippen LogP contribution is -2.36. The van der Waals surface area contributed by atoms with Gasteiger partial charge in [-0.1, -0.05) is 24.6 Å². The second-order valence-corrected chi connectivity index (χ2v) is 8.15. The number of aromatic nitrogens is 1. The number of anilines is 2. The van der Waals surface area contributed by atoms with Crippen molar-refractivity contribution in [1.82, 2.24) is 4.98 Å². The molecule has 1 saturated heterocycles. The van der Waals surface area contributed by atoms with Crippen LogP contribution in [-0.4, -0.2) is 23.7 Å². The zero-order chi connectivity index (χ0) is 19.6. The molecule has 146 valence electrons. The van der Waals surface area contributed by atoms with Crippen molar-refractivity contribution in [2.45, 2.75) is 45.6 Å². The molecule has 6 heteroatoms. The SMILES string of the molecule is CCc1c(-c2cc(N)ncc2Cl)ccc(F)c1NCC1CCOC(C)(C)C1. The van der Waals surface area contributed by atoms with Gasteiger partial charge in [-0.2, -0.15) is 0 Å². The Morgan fingerprint density at radius 3 is 2.85 bits per heavy atom. The monoisotopic (exact) mass is 391 g/mol. The summed E-state index contributed by atoms with van der Waals surface area (Å²) in [7, 11) is 0. The number of nitrogens with one attached hydrogen (secondary N) is 1. The van der Waals surface area contributed by atoms with Crippen LogP contribution in [0.25, 0.3) is 11.1 Å². The van der Waals surface area contributed by atoms with Crippen molar-refractivity contribution in [2.75, 3.05) is 24.2 Å². The molecular formula is C21H27ClFN3O. The number of rotatable bonds is 5. The van der Waals surface area contributed by atoms with Crippen LogP contribution in [0.15, 0.2) is 24.4 Å². The molecule has 1 unspecified atom stereocenters. The van der Waals surface area contributed by atoms with Gasteiger partial charge in [0.2, 0.25) is 0 Å². The van der Waals surface area contributed by atoms with Crippen LogP contribution >= 0.6 is 11.6 Å². The average molecular weight is 392 g/mol. The molecule has 1 atom stereocenters. The Kier molecular flexibility index (Phi) is 5.92. The lowest BCUT2D eigenvalue weighted by Gasteiger charge is -2.35. The summed E-state index contributed by atoms with van der Waals surface area (Å²) >= 11 is 6.34. The van der Waals surface area contributed by atoms with Gasteiger partial charge in [0, 0.05) is 24.9 Å². The molecule has 2 heterocycles. The molecule has 0 bridgehead atoms. The molecular weight excluding hydrogens is 365 g/mol. The Balaban J connectivity index is 1.90. The second kappa shape index (κ2) is 8.03. The molecule has 1 aliphatic heterocycles. The van der Waals surface area contributed by atoms with Gasteiger partial charge in [0.25, 0.3) is 0 Å². The van der Waals surface area contributed by atoms with Gasteiger partial charge in [0.15, 0.2) is 0 Å². The van der Waals surface area contributed by atoms with E-state index in [9.17, 15) is 4.39 Å². The summed E-state index contributed by atoms with van der Waals surface area (Å²) in [5.74, 6) is 0.585. The van der Waals surface area contributed by atoms with Gasteiger partial charge in [-0.3, -0.25) is 0 Å². The quantitative estimate of drug-likeness (QED) is 0.725. The fraction of sp³-hybridized carbons (Fsp3) is 0.476. The van der Waals surface area contributed by atoms with E-state index in [4.69, 9.17) is 22.1 Å². The van der Waals surface area contributed by atoms with Crippen LogP contribution in [0.2, 0.25) is 5.02 Å². The predicted molar refractivity (Wildman–Crippen MR) is 110 cm³/mol. The van der Waals surface area contributed by atoms with Gasteiger partial charge in [-0.25, -0.2) is 9.37 Å². The minimum atomic E-state index is -0.250. The Bertz CT molecular complexity index is 825. The average Bonchev–Trinajstić information content (AvgIpc) is 2.61. The van der Waals surface area contributed by atoms with Gasteiger partial charge in [-0.05, 0) is 62.3 Å². The number of nitrogens with zero attached hydrogens (tertiary/aromatic N) is 1. The van der Waals surface area contributed by atoms with E-state index in [1.165, 1.54) is 12.3 Å². The third kappa shape index (κ3) is 4.53. The first-order valence-corrected chi connectivity index (χ1v) is 9.79.